The van der Waals surface area contributed by atoms with Gasteiger partial charge in [0.05, 0.1) is 22.3 Å². The molecule has 0 saturated carbocycles. The lowest BCUT2D eigenvalue weighted by atomic mass is 9.97. The summed E-state index contributed by atoms with van der Waals surface area (Å²) in [5, 5.41) is 0. The van der Waals surface area contributed by atoms with Gasteiger partial charge < -0.3 is 21.4 Å². The van der Waals surface area contributed by atoms with Gasteiger partial charge in [-0.05, 0) is 43.0 Å². The van der Waals surface area contributed by atoms with E-state index in [0.717, 1.165) is 36.2 Å². The number of anilines is 2. The summed E-state index contributed by atoms with van der Waals surface area (Å²) in [6.07, 6.45) is 3.18. The molecule has 0 radical (unpaired) electrons. The summed E-state index contributed by atoms with van der Waals surface area (Å²) >= 11 is 0. The minimum Gasteiger partial charge on any atom is -0.383 e. The minimum absolute atomic E-state index is 0.0981. The maximum absolute atomic E-state index is 14.3. The van der Waals surface area contributed by atoms with E-state index in [2.05, 4.69) is 19.9 Å². The fourth-order valence-corrected chi connectivity index (χ4v) is 4.43. The highest BCUT2D eigenvalue weighted by molar-refractivity contribution is 5.95. The van der Waals surface area contributed by atoms with E-state index in [1.165, 1.54) is 12.1 Å². The Bertz CT molecular complexity index is 1300. The van der Waals surface area contributed by atoms with E-state index in [1.807, 2.05) is 13.0 Å². The molecule has 170 valence electrons. The Morgan fingerprint density at radius 1 is 1.03 bits per heavy atom. The third kappa shape index (κ3) is 3.89. The van der Waals surface area contributed by atoms with Crippen LogP contribution in [0.2, 0.25) is 0 Å². The van der Waals surface area contributed by atoms with Crippen LogP contribution >= 0.6 is 0 Å². The van der Waals surface area contributed by atoms with Gasteiger partial charge in [-0.1, -0.05) is 6.07 Å². The van der Waals surface area contributed by atoms with Crippen molar-refractivity contribution in [2.24, 2.45) is 5.73 Å². The first-order valence-corrected chi connectivity index (χ1v) is 10.7. The lowest BCUT2D eigenvalue weighted by molar-refractivity contribution is 0.501. The number of hydrogen-bond donors (Lipinski definition) is 3. The molecule has 4 aromatic rings. The molecular weight excluding hydrogens is 429 g/mol. The zero-order valence-corrected chi connectivity index (χ0v) is 18.0. The van der Waals surface area contributed by atoms with Crippen LogP contribution < -0.4 is 16.4 Å². The minimum atomic E-state index is -0.985. The van der Waals surface area contributed by atoms with Crippen LogP contribution in [0.25, 0.3) is 33.5 Å². The van der Waals surface area contributed by atoms with Crippen LogP contribution in [-0.4, -0.2) is 34.1 Å². The molecule has 0 spiro atoms. The first-order chi connectivity index (χ1) is 15.8. The molecule has 3 heterocycles. The van der Waals surface area contributed by atoms with Crippen molar-refractivity contribution in [3.05, 3.63) is 59.5 Å². The highest BCUT2D eigenvalue weighted by atomic mass is 19.2. The van der Waals surface area contributed by atoms with Gasteiger partial charge in [0, 0.05) is 43.0 Å². The van der Waals surface area contributed by atoms with E-state index >= 15 is 0 Å². The number of piperidine rings is 1. The molecule has 2 aromatic carbocycles. The highest BCUT2D eigenvalue weighted by Crippen LogP contribution is 2.43. The van der Waals surface area contributed by atoms with E-state index in [-0.39, 0.29) is 23.2 Å². The Morgan fingerprint density at radius 2 is 1.76 bits per heavy atom. The van der Waals surface area contributed by atoms with Crippen molar-refractivity contribution in [3.8, 4) is 22.5 Å². The molecule has 9 heteroatoms. The number of H-pyrrole nitrogens is 1. The first kappa shape index (κ1) is 21.3. The van der Waals surface area contributed by atoms with Gasteiger partial charge in [-0.2, -0.15) is 0 Å². The number of fused-ring (bicyclic) bond motifs is 1. The average Bonchev–Trinajstić information content (AvgIpc) is 3.15. The number of nitrogens with one attached hydrogen (secondary N) is 1. The van der Waals surface area contributed by atoms with Crippen LogP contribution in [-0.2, 0) is 0 Å². The molecule has 0 amide bonds. The molecule has 5 rings (SSSR count). The SMILES string of the molecule is Cc1cc(F)cc(-c2cnc(N)c(-c3nc4cc(F)c(F)cc4[nH]3)c2N2CCC(N)CC2)c1. The third-order valence-corrected chi connectivity index (χ3v) is 6.05. The number of aromatic amines is 1. The summed E-state index contributed by atoms with van der Waals surface area (Å²) in [4.78, 5) is 14.0. The van der Waals surface area contributed by atoms with Crippen LogP contribution in [0, 0.1) is 24.4 Å². The number of nitrogens with two attached hydrogens (primary N) is 2. The number of nitrogens with zero attached hydrogens (tertiary/aromatic N) is 3. The number of halogens is 3. The lowest BCUT2D eigenvalue weighted by Crippen LogP contribution is -2.40. The van der Waals surface area contributed by atoms with Gasteiger partial charge in [0.25, 0.3) is 0 Å². The van der Waals surface area contributed by atoms with Crippen molar-refractivity contribution in [1.82, 2.24) is 15.0 Å². The second-order valence-corrected chi connectivity index (χ2v) is 8.49. The Kier molecular flexibility index (Phi) is 5.20. The second-order valence-electron chi connectivity index (χ2n) is 8.49. The molecule has 0 unspecified atom stereocenters. The van der Waals surface area contributed by atoms with E-state index in [9.17, 15) is 13.2 Å². The molecule has 1 fully saturated rings. The highest BCUT2D eigenvalue weighted by Gasteiger charge is 2.27. The van der Waals surface area contributed by atoms with Crippen molar-refractivity contribution in [2.45, 2.75) is 25.8 Å². The predicted molar refractivity (Wildman–Crippen MR) is 123 cm³/mol. The van der Waals surface area contributed by atoms with Crippen LogP contribution in [0.5, 0.6) is 0 Å². The zero-order chi connectivity index (χ0) is 23.3. The Morgan fingerprint density at radius 3 is 2.48 bits per heavy atom. The number of pyridine rings is 1. The number of rotatable bonds is 3. The van der Waals surface area contributed by atoms with Crippen molar-refractivity contribution < 1.29 is 13.2 Å². The van der Waals surface area contributed by atoms with Gasteiger partial charge in [-0.25, -0.2) is 23.1 Å². The summed E-state index contributed by atoms with van der Waals surface area (Å²) in [5.74, 6) is -1.78. The van der Waals surface area contributed by atoms with Crippen LogP contribution in [0.3, 0.4) is 0 Å². The van der Waals surface area contributed by atoms with Gasteiger partial charge in [-0.15, -0.1) is 0 Å². The van der Waals surface area contributed by atoms with Gasteiger partial charge in [-0.3, -0.25) is 0 Å². The fraction of sp³-hybridized carbons (Fsp3) is 0.250. The van der Waals surface area contributed by atoms with Crippen molar-refractivity contribution >= 4 is 22.5 Å². The molecule has 6 nitrogen and oxygen atoms in total. The molecule has 1 saturated heterocycles. The summed E-state index contributed by atoms with van der Waals surface area (Å²) in [6, 6.07) is 6.98. The quantitative estimate of drug-likeness (QED) is 0.425. The molecule has 5 N–H and O–H groups in total. The number of hydrogen-bond acceptors (Lipinski definition) is 5. The molecule has 2 aromatic heterocycles. The molecule has 1 aliphatic rings. The average molecular weight is 452 g/mol. The van der Waals surface area contributed by atoms with Crippen molar-refractivity contribution in [1.29, 1.82) is 0 Å². The normalized spacial score (nSPS) is 14.9. The fourth-order valence-electron chi connectivity index (χ4n) is 4.43. The van der Waals surface area contributed by atoms with Gasteiger partial charge in [0.1, 0.15) is 17.5 Å². The van der Waals surface area contributed by atoms with Gasteiger partial charge in [0.2, 0.25) is 0 Å². The summed E-state index contributed by atoms with van der Waals surface area (Å²) in [6.45, 7) is 3.16. The second kappa shape index (κ2) is 8.08. The van der Waals surface area contributed by atoms with Crippen LogP contribution in [0.4, 0.5) is 24.7 Å². The van der Waals surface area contributed by atoms with Crippen molar-refractivity contribution in [3.63, 3.8) is 0 Å². The molecule has 0 bridgehead atoms. The van der Waals surface area contributed by atoms with Crippen LogP contribution in [0.1, 0.15) is 18.4 Å². The maximum Gasteiger partial charge on any atom is 0.161 e. The largest absolute Gasteiger partial charge is 0.383 e. The molecule has 33 heavy (non-hydrogen) atoms. The number of aryl methyl sites for hydroxylation is 1. The Hall–Kier alpha value is -3.59. The zero-order valence-electron chi connectivity index (χ0n) is 18.0. The lowest BCUT2D eigenvalue weighted by Gasteiger charge is -2.34. The molecule has 0 aliphatic carbocycles. The van der Waals surface area contributed by atoms with E-state index in [4.69, 9.17) is 11.5 Å². The number of nitrogen functional groups attached to an aromatic ring is 1. The van der Waals surface area contributed by atoms with Gasteiger partial charge >= 0.3 is 0 Å². The molecular formula is C24H23F3N6. The van der Waals surface area contributed by atoms with E-state index < -0.39 is 11.6 Å². The van der Waals surface area contributed by atoms with Gasteiger partial charge in [0.15, 0.2) is 11.6 Å². The summed E-state index contributed by atoms with van der Waals surface area (Å²) < 4.78 is 41.9. The summed E-state index contributed by atoms with van der Waals surface area (Å²) in [5.41, 5.74) is 16.4. The first-order valence-electron chi connectivity index (χ1n) is 10.7. The predicted octanol–water partition coefficient (Wildman–Crippen LogP) is 4.53. The monoisotopic (exact) mass is 452 g/mol. The molecule has 1 aliphatic heterocycles. The number of aromatic nitrogens is 3. The smallest absolute Gasteiger partial charge is 0.161 e. The van der Waals surface area contributed by atoms with Crippen molar-refractivity contribution in [2.75, 3.05) is 23.7 Å². The topological polar surface area (TPSA) is 96.8 Å². The maximum atomic E-state index is 14.3. The number of imidazole rings is 1. The standard InChI is InChI=1S/C24H23F3N6/c1-12-6-13(8-14(25)7-12)16-11-30-23(29)21(22(16)33-4-2-15(28)3-5-33)24-31-19-9-17(26)18(27)10-20(19)32-24/h6-11,15H,2-5,28H2,1H3,(H2,29,30)(H,31,32). The number of benzene rings is 2. The summed E-state index contributed by atoms with van der Waals surface area (Å²) in [7, 11) is 0. The Balaban J connectivity index is 1.76. The molecule has 0 atom stereocenters. The third-order valence-electron chi connectivity index (χ3n) is 6.05. The van der Waals surface area contributed by atoms with E-state index in [0.29, 0.717) is 41.1 Å². The Labute approximate surface area is 188 Å². The van der Waals surface area contributed by atoms with Crippen LogP contribution in [0.15, 0.2) is 36.5 Å². The van der Waals surface area contributed by atoms with E-state index in [1.54, 1.807) is 6.20 Å².